The third-order valence-electron chi connectivity index (χ3n) is 6.76. The zero-order chi connectivity index (χ0) is 28.6. The van der Waals surface area contributed by atoms with Crippen molar-refractivity contribution in [3.05, 3.63) is 53.1 Å². The minimum Gasteiger partial charge on any atom is -0.495 e. The van der Waals surface area contributed by atoms with Crippen LogP contribution in [0.3, 0.4) is 0 Å². The van der Waals surface area contributed by atoms with E-state index < -0.39 is 22.2 Å². The summed E-state index contributed by atoms with van der Waals surface area (Å²) in [5.74, 6) is -2.37. The van der Waals surface area contributed by atoms with Crippen LogP contribution in [0.5, 0.6) is 5.75 Å². The highest BCUT2D eigenvalue weighted by molar-refractivity contribution is 7.93. The van der Waals surface area contributed by atoms with Gasteiger partial charge in [-0.1, -0.05) is 18.2 Å². The van der Waals surface area contributed by atoms with E-state index in [0.29, 0.717) is 12.3 Å². The summed E-state index contributed by atoms with van der Waals surface area (Å²) in [6.45, 7) is 8.04. The van der Waals surface area contributed by atoms with Crippen LogP contribution in [0, 0.1) is 6.92 Å². The van der Waals surface area contributed by atoms with Gasteiger partial charge in [0.25, 0.3) is 10.0 Å². The van der Waals surface area contributed by atoms with Crippen LogP contribution in [-0.4, -0.2) is 70.4 Å². The van der Waals surface area contributed by atoms with E-state index in [-0.39, 0.29) is 4.90 Å². The van der Waals surface area contributed by atoms with E-state index >= 15 is 0 Å². The van der Waals surface area contributed by atoms with Crippen LogP contribution in [0.4, 0.5) is 18.9 Å². The number of halogens is 3. The molecule has 0 radical (unpaired) electrons. The van der Waals surface area contributed by atoms with Crippen molar-refractivity contribution in [1.29, 1.82) is 0 Å². The van der Waals surface area contributed by atoms with Gasteiger partial charge in [-0.3, -0.25) is 9.21 Å². The molecule has 0 bridgehead atoms. The highest BCUT2D eigenvalue weighted by atomic mass is 32.2. The summed E-state index contributed by atoms with van der Waals surface area (Å²) in [6, 6.07) is 11.3. The number of carboxylic acids is 1. The third kappa shape index (κ3) is 8.09. The first-order chi connectivity index (χ1) is 18.4. The van der Waals surface area contributed by atoms with Gasteiger partial charge >= 0.3 is 12.1 Å². The van der Waals surface area contributed by atoms with E-state index in [1.165, 1.54) is 57.0 Å². The van der Waals surface area contributed by atoms with Gasteiger partial charge in [0.1, 0.15) is 10.6 Å². The van der Waals surface area contributed by atoms with Crippen molar-refractivity contribution < 1.29 is 36.2 Å². The maximum atomic E-state index is 13.4. The van der Waals surface area contributed by atoms with Gasteiger partial charge in [0.15, 0.2) is 0 Å². The number of hydrogen-bond acceptors (Lipinski definition) is 6. The number of aryl methyl sites for hydroxylation is 1. The number of alkyl halides is 3. The van der Waals surface area contributed by atoms with Crippen molar-refractivity contribution in [3.63, 3.8) is 0 Å². The minimum atomic E-state index is -5.08. The Kier molecular flexibility index (Phi) is 10.6. The number of nitrogens with zero attached hydrogens (tertiary/aromatic N) is 2. The molecule has 12 heteroatoms. The molecule has 2 fully saturated rings. The maximum absolute atomic E-state index is 13.4. The van der Waals surface area contributed by atoms with Gasteiger partial charge in [0.05, 0.1) is 12.8 Å². The number of ether oxygens (including phenoxy) is 1. The summed E-state index contributed by atoms with van der Waals surface area (Å²) in [4.78, 5) is 11.6. The van der Waals surface area contributed by atoms with Gasteiger partial charge in [-0.2, -0.15) is 13.2 Å². The van der Waals surface area contributed by atoms with Gasteiger partial charge in [-0.05, 0) is 100 Å². The molecule has 5 rings (SSSR count). The molecule has 2 aromatic rings. The van der Waals surface area contributed by atoms with Gasteiger partial charge in [-0.25, -0.2) is 13.2 Å². The number of benzene rings is 2. The fourth-order valence-electron chi connectivity index (χ4n) is 4.79. The molecular formula is C27H36F3N3O5S. The van der Waals surface area contributed by atoms with E-state index in [1.54, 1.807) is 16.4 Å². The standard InChI is InChI=1S/C21H26N2O3S.C4H9N.C2HF3O2/c1-16-8-9-20(26-2)21(14-16)27(24,25)23-13-10-18-17(6-5-7-19(18)23)15-22-11-3-4-12-22;1-2-4-5-3-1;3-2(4,5)1(6)7/h5-9,14H,3-4,10-13,15H2,1-2H3;5H,1-4H2;(H,6,7). The summed E-state index contributed by atoms with van der Waals surface area (Å²) in [6.07, 6.45) is 0.956. The van der Waals surface area contributed by atoms with Gasteiger partial charge in [-0.15, -0.1) is 0 Å². The van der Waals surface area contributed by atoms with Crippen molar-refractivity contribution in [2.75, 3.05) is 44.1 Å². The van der Waals surface area contributed by atoms with Crippen molar-refractivity contribution in [3.8, 4) is 5.75 Å². The number of carbonyl (C=O) groups is 1. The number of carboxylic acid groups (broad SMARTS) is 1. The number of rotatable bonds is 5. The first-order valence-corrected chi connectivity index (χ1v) is 14.4. The SMILES string of the molecule is C1CCNC1.COc1ccc(C)cc1S(=O)(=O)N1CCc2c(CN3CCCC3)cccc21.O=C(O)C(F)(F)F. The molecule has 3 heterocycles. The van der Waals surface area contributed by atoms with E-state index in [2.05, 4.69) is 16.3 Å². The lowest BCUT2D eigenvalue weighted by Gasteiger charge is -2.22. The molecule has 3 aliphatic rings. The van der Waals surface area contributed by atoms with Crippen LogP contribution in [0.1, 0.15) is 42.4 Å². The molecule has 8 nitrogen and oxygen atoms in total. The first kappa shape index (κ1) is 30.7. The zero-order valence-corrected chi connectivity index (χ0v) is 23.1. The number of fused-ring (bicyclic) bond motifs is 1. The van der Waals surface area contributed by atoms with Crippen molar-refractivity contribution in [2.45, 2.75) is 56.6 Å². The highest BCUT2D eigenvalue weighted by Gasteiger charge is 2.38. The Morgan fingerprint density at radius 1 is 1.05 bits per heavy atom. The molecule has 216 valence electrons. The summed E-state index contributed by atoms with van der Waals surface area (Å²) < 4.78 is 65.5. The van der Waals surface area contributed by atoms with Crippen molar-refractivity contribution in [2.24, 2.45) is 0 Å². The van der Waals surface area contributed by atoms with E-state index in [9.17, 15) is 21.6 Å². The van der Waals surface area contributed by atoms with Crippen LogP contribution in [-0.2, 0) is 27.8 Å². The fourth-order valence-corrected chi connectivity index (χ4v) is 6.53. The number of nitrogens with one attached hydrogen (secondary N) is 1. The molecule has 0 aliphatic carbocycles. The monoisotopic (exact) mass is 571 g/mol. The Labute approximate surface area is 227 Å². The van der Waals surface area contributed by atoms with Crippen LogP contribution in [0.2, 0.25) is 0 Å². The van der Waals surface area contributed by atoms with Crippen LogP contribution in [0.25, 0.3) is 0 Å². The molecule has 3 aliphatic heterocycles. The highest BCUT2D eigenvalue weighted by Crippen LogP contribution is 2.38. The van der Waals surface area contributed by atoms with Crippen LogP contribution in [0.15, 0.2) is 41.3 Å². The average Bonchev–Trinajstić information content (AvgIpc) is 3.68. The van der Waals surface area contributed by atoms with E-state index in [4.69, 9.17) is 14.6 Å². The molecule has 2 N–H and O–H groups in total. The van der Waals surface area contributed by atoms with E-state index in [1.807, 2.05) is 25.1 Å². The Hall–Kier alpha value is -2.83. The van der Waals surface area contributed by atoms with Crippen LogP contribution < -0.4 is 14.4 Å². The van der Waals surface area contributed by atoms with Crippen LogP contribution >= 0.6 is 0 Å². The minimum absolute atomic E-state index is 0.239. The second-order valence-corrected chi connectivity index (χ2v) is 11.5. The Morgan fingerprint density at radius 3 is 2.23 bits per heavy atom. The second-order valence-electron chi connectivity index (χ2n) is 9.64. The molecule has 2 saturated heterocycles. The second kappa shape index (κ2) is 13.5. The smallest absolute Gasteiger partial charge is 0.490 e. The van der Waals surface area contributed by atoms with Crippen molar-refractivity contribution >= 4 is 21.7 Å². The predicted molar refractivity (Wildman–Crippen MR) is 143 cm³/mol. The normalized spacial score (nSPS) is 17.1. The molecule has 39 heavy (non-hydrogen) atoms. The summed E-state index contributed by atoms with van der Waals surface area (Å²) in [5.41, 5.74) is 4.13. The fraction of sp³-hybridized carbons (Fsp3) is 0.519. The first-order valence-electron chi connectivity index (χ1n) is 13.0. The Morgan fingerprint density at radius 2 is 1.69 bits per heavy atom. The number of aliphatic carboxylic acids is 1. The Balaban J connectivity index is 0.000000291. The Bertz CT molecular complexity index is 1220. The lowest BCUT2D eigenvalue weighted by atomic mass is 10.0. The number of hydrogen-bond donors (Lipinski definition) is 2. The molecular weight excluding hydrogens is 535 g/mol. The topological polar surface area (TPSA) is 99.2 Å². The van der Waals surface area contributed by atoms with Gasteiger partial charge in [0.2, 0.25) is 0 Å². The molecule has 0 aromatic heterocycles. The predicted octanol–water partition coefficient (Wildman–Crippen LogP) is 4.35. The summed E-state index contributed by atoms with van der Waals surface area (Å²) in [7, 11) is -2.16. The lowest BCUT2D eigenvalue weighted by Crippen LogP contribution is -2.29. The quantitative estimate of drug-likeness (QED) is 0.551. The number of methoxy groups -OCH3 is 1. The summed E-state index contributed by atoms with van der Waals surface area (Å²) in [5, 5.41) is 10.3. The number of sulfonamides is 1. The molecule has 0 saturated carbocycles. The van der Waals surface area contributed by atoms with Gasteiger partial charge < -0.3 is 15.2 Å². The average molecular weight is 572 g/mol. The molecule has 0 unspecified atom stereocenters. The molecule has 0 amide bonds. The number of anilines is 1. The molecule has 0 spiro atoms. The largest absolute Gasteiger partial charge is 0.495 e. The summed E-state index contributed by atoms with van der Waals surface area (Å²) >= 11 is 0. The number of likely N-dealkylation sites (tertiary alicyclic amines) is 1. The zero-order valence-electron chi connectivity index (χ0n) is 22.3. The third-order valence-corrected chi connectivity index (χ3v) is 8.60. The van der Waals surface area contributed by atoms with E-state index in [0.717, 1.165) is 37.3 Å². The maximum Gasteiger partial charge on any atom is 0.490 e. The van der Waals surface area contributed by atoms with Crippen molar-refractivity contribution in [1.82, 2.24) is 10.2 Å². The molecule has 2 aromatic carbocycles. The van der Waals surface area contributed by atoms with Gasteiger partial charge in [0, 0.05) is 13.1 Å². The lowest BCUT2D eigenvalue weighted by molar-refractivity contribution is -0.192. The molecule has 0 atom stereocenters.